The monoisotopic (exact) mass is 351 g/mol. The largest absolute Gasteiger partial charge is 0.490 e. The second-order valence-corrected chi connectivity index (χ2v) is 5.48. The molecule has 1 N–H and O–H groups in total. The van der Waals surface area contributed by atoms with E-state index in [1.54, 1.807) is 24.3 Å². The first-order valence-electron chi connectivity index (χ1n) is 8.31. The molecule has 0 radical (unpaired) electrons. The molecule has 0 saturated heterocycles. The van der Waals surface area contributed by atoms with Gasteiger partial charge in [-0.05, 0) is 38.1 Å². The third kappa shape index (κ3) is 3.52. The van der Waals surface area contributed by atoms with Crippen LogP contribution in [0.15, 0.2) is 42.6 Å². The molecular formula is C20H18FN3O2. The SMILES string of the molecule is CCOc1cc2ncc(C#N)c(Nc3cccc(F)c3)c2cc1OCC. The highest BCUT2D eigenvalue weighted by Gasteiger charge is 2.14. The lowest BCUT2D eigenvalue weighted by molar-refractivity contribution is 0.288. The highest BCUT2D eigenvalue weighted by molar-refractivity contribution is 5.97. The molecule has 6 heteroatoms. The van der Waals surface area contributed by atoms with Crippen molar-refractivity contribution < 1.29 is 13.9 Å². The zero-order valence-corrected chi connectivity index (χ0v) is 14.5. The normalized spacial score (nSPS) is 10.4. The molecule has 2 aromatic carbocycles. The summed E-state index contributed by atoms with van der Waals surface area (Å²) in [7, 11) is 0. The number of fused-ring (bicyclic) bond motifs is 1. The van der Waals surface area contributed by atoms with E-state index in [1.165, 1.54) is 18.3 Å². The maximum Gasteiger partial charge on any atom is 0.163 e. The Morgan fingerprint density at radius 3 is 2.50 bits per heavy atom. The number of benzene rings is 2. The van der Waals surface area contributed by atoms with Gasteiger partial charge in [0.15, 0.2) is 11.5 Å². The van der Waals surface area contributed by atoms with Gasteiger partial charge < -0.3 is 14.8 Å². The number of pyridine rings is 1. The molecule has 0 aliphatic heterocycles. The summed E-state index contributed by atoms with van der Waals surface area (Å²) in [6.45, 7) is 4.75. The molecule has 0 atom stereocenters. The summed E-state index contributed by atoms with van der Waals surface area (Å²) in [5, 5.41) is 13.3. The number of nitriles is 1. The van der Waals surface area contributed by atoms with E-state index in [-0.39, 0.29) is 5.82 Å². The Morgan fingerprint density at radius 1 is 1.12 bits per heavy atom. The van der Waals surface area contributed by atoms with Crippen LogP contribution in [0.1, 0.15) is 19.4 Å². The van der Waals surface area contributed by atoms with Crippen LogP contribution in [-0.2, 0) is 0 Å². The Bertz CT molecular complexity index is 983. The molecule has 0 unspecified atom stereocenters. The van der Waals surface area contributed by atoms with Crippen LogP contribution in [0.2, 0.25) is 0 Å². The van der Waals surface area contributed by atoms with Gasteiger partial charge in [-0.1, -0.05) is 6.07 Å². The number of nitrogens with one attached hydrogen (secondary N) is 1. The van der Waals surface area contributed by atoms with Gasteiger partial charge >= 0.3 is 0 Å². The maximum absolute atomic E-state index is 13.5. The molecule has 26 heavy (non-hydrogen) atoms. The van der Waals surface area contributed by atoms with Crippen molar-refractivity contribution in [2.75, 3.05) is 18.5 Å². The van der Waals surface area contributed by atoms with E-state index in [2.05, 4.69) is 16.4 Å². The average Bonchev–Trinajstić information content (AvgIpc) is 2.63. The fourth-order valence-electron chi connectivity index (χ4n) is 2.67. The van der Waals surface area contributed by atoms with Gasteiger partial charge in [-0.25, -0.2) is 4.39 Å². The molecule has 132 valence electrons. The number of anilines is 2. The number of hydrogen-bond donors (Lipinski definition) is 1. The molecule has 0 fully saturated rings. The Morgan fingerprint density at radius 2 is 1.85 bits per heavy atom. The molecule has 0 amide bonds. The summed E-state index contributed by atoms with van der Waals surface area (Å²) in [5.41, 5.74) is 2.09. The van der Waals surface area contributed by atoms with Crippen LogP contribution >= 0.6 is 0 Å². The Balaban J connectivity index is 2.18. The summed E-state index contributed by atoms with van der Waals surface area (Å²) in [5.74, 6) is 0.803. The van der Waals surface area contributed by atoms with Crippen LogP contribution < -0.4 is 14.8 Å². The molecule has 0 saturated carbocycles. The Kier molecular flexibility index (Phi) is 5.18. The highest BCUT2D eigenvalue weighted by atomic mass is 19.1. The van der Waals surface area contributed by atoms with Crippen molar-refractivity contribution in [3.63, 3.8) is 0 Å². The second kappa shape index (κ2) is 7.70. The van der Waals surface area contributed by atoms with Crippen LogP contribution in [-0.4, -0.2) is 18.2 Å². The molecule has 0 aliphatic carbocycles. The minimum absolute atomic E-state index is 0.355. The Hall–Kier alpha value is -3.33. The van der Waals surface area contributed by atoms with Crippen LogP contribution in [0.3, 0.4) is 0 Å². The summed E-state index contributed by atoms with van der Waals surface area (Å²) < 4.78 is 24.8. The average molecular weight is 351 g/mol. The highest BCUT2D eigenvalue weighted by Crippen LogP contribution is 2.37. The molecule has 0 spiro atoms. The van der Waals surface area contributed by atoms with E-state index in [0.717, 1.165) is 0 Å². The molecular weight excluding hydrogens is 333 g/mol. The van der Waals surface area contributed by atoms with Gasteiger partial charge in [-0.15, -0.1) is 0 Å². The van der Waals surface area contributed by atoms with Gasteiger partial charge in [0.05, 0.1) is 30.0 Å². The van der Waals surface area contributed by atoms with Crippen molar-refractivity contribution >= 4 is 22.3 Å². The summed E-state index contributed by atoms with van der Waals surface area (Å²) in [6.07, 6.45) is 1.49. The van der Waals surface area contributed by atoms with E-state index in [4.69, 9.17) is 9.47 Å². The fraction of sp³-hybridized carbons (Fsp3) is 0.200. The van der Waals surface area contributed by atoms with E-state index in [0.29, 0.717) is 52.6 Å². The number of aromatic nitrogens is 1. The summed E-state index contributed by atoms with van der Waals surface area (Å²) >= 11 is 0. The summed E-state index contributed by atoms with van der Waals surface area (Å²) in [6, 6.07) is 11.8. The van der Waals surface area contributed by atoms with Crippen LogP contribution in [0, 0.1) is 17.1 Å². The van der Waals surface area contributed by atoms with Crippen molar-refractivity contribution in [1.82, 2.24) is 4.98 Å². The smallest absolute Gasteiger partial charge is 0.163 e. The lowest BCUT2D eigenvalue weighted by atomic mass is 10.1. The lowest BCUT2D eigenvalue weighted by Gasteiger charge is -2.15. The maximum atomic E-state index is 13.5. The Labute approximate surface area is 151 Å². The summed E-state index contributed by atoms with van der Waals surface area (Å²) in [4.78, 5) is 4.34. The van der Waals surface area contributed by atoms with E-state index in [1.807, 2.05) is 13.8 Å². The third-order valence-electron chi connectivity index (χ3n) is 3.75. The van der Waals surface area contributed by atoms with Gasteiger partial charge in [0.25, 0.3) is 0 Å². The standard InChI is InChI=1S/C20H18FN3O2/c1-3-25-18-9-16-17(10-19(18)26-4-2)23-12-13(11-22)20(16)24-15-7-5-6-14(21)8-15/h5-10,12H,3-4H2,1-2H3,(H,23,24). The number of rotatable bonds is 6. The number of nitrogens with zero attached hydrogens (tertiary/aromatic N) is 2. The predicted octanol–water partition coefficient (Wildman–Crippen LogP) is 4.79. The van der Waals surface area contributed by atoms with E-state index >= 15 is 0 Å². The van der Waals surface area contributed by atoms with Crippen molar-refractivity contribution in [3.05, 3.63) is 54.0 Å². The van der Waals surface area contributed by atoms with Crippen molar-refractivity contribution in [2.24, 2.45) is 0 Å². The molecule has 1 heterocycles. The van der Waals surface area contributed by atoms with Gasteiger partial charge in [-0.3, -0.25) is 4.98 Å². The zero-order valence-electron chi connectivity index (χ0n) is 14.5. The number of hydrogen-bond acceptors (Lipinski definition) is 5. The van der Waals surface area contributed by atoms with Crippen molar-refractivity contribution in [3.8, 4) is 17.6 Å². The van der Waals surface area contributed by atoms with E-state index < -0.39 is 0 Å². The molecule has 3 rings (SSSR count). The van der Waals surface area contributed by atoms with Crippen LogP contribution in [0.5, 0.6) is 11.5 Å². The second-order valence-electron chi connectivity index (χ2n) is 5.48. The van der Waals surface area contributed by atoms with E-state index in [9.17, 15) is 9.65 Å². The van der Waals surface area contributed by atoms with Crippen molar-refractivity contribution in [1.29, 1.82) is 5.26 Å². The quantitative estimate of drug-likeness (QED) is 0.692. The molecule has 0 bridgehead atoms. The minimum Gasteiger partial charge on any atom is -0.490 e. The van der Waals surface area contributed by atoms with Gasteiger partial charge in [0.2, 0.25) is 0 Å². The molecule has 5 nitrogen and oxygen atoms in total. The first-order valence-corrected chi connectivity index (χ1v) is 8.31. The first kappa shape index (κ1) is 17.5. The predicted molar refractivity (Wildman–Crippen MR) is 98.5 cm³/mol. The topological polar surface area (TPSA) is 67.2 Å². The molecule has 1 aromatic heterocycles. The zero-order chi connectivity index (χ0) is 18.5. The van der Waals surface area contributed by atoms with Gasteiger partial charge in [0, 0.05) is 23.3 Å². The molecule has 0 aliphatic rings. The number of ether oxygens (including phenoxy) is 2. The van der Waals surface area contributed by atoms with Crippen LogP contribution in [0.25, 0.3) is 10.9 Å². The fourth-order valence-corrected chi connectivity index (χ4v) is 2.67. The van der Waals surface area contributed by atoms with Gasteiger partial charge in [0.1, 0.15) is 11.9 Å². The van der Waals surface area contributed by atoms with Crippen LogP contribution in [0.4, 0.5) is 15.8 Å². The van der Waals surface area contributed by atoms with Crippen molar-refractivity contribution in [2.45, 2.75) is 13.8 Å². The minimum atomic E-state index is -0.361. The van der Waals surface area contributed by atoms with Gasteiger partial charge in [-0.2, -0.15) is 5.26 Å². The molecule has 3 aromatic rings. The lowest BCUT2D eigenvalue weighted by Crippen LogP contribution is -2.01. The third-order valence-corrected chi connectivity index (χ3v) is 3.75. The number of halogens is 1. The first-order chi connectivity index (χ1) is 12.7.